The molecular formula is C23H24N4O3S. The standard InChI is InChI=1S/C23H24N4O3S/c1-30-19-9-5-6-16(14-19)15-20(28)27-12-10-17(11-13-27)22-25-26-23(31-22)21(29)24-18-7-3-2-4-8-18/h2-9,14,17H,10-13,15H2,1H3,(H,24,29). The van der Waals surface area contributed by atoms with Gasteiger partial charge < -0.3 is 15.0 Å². The molecule has 0 atom stereocenters. The molecule has 4 rings (SSSR count). The Balaban J connectivity index is 1.30. The van der Waals surface area contributed by atoms with Gasteiger partial charge in [0.1, 0.15) is 10.8 Å². The average molecular weight is 437 g/mol. The lowest BCUT2D eigenvalue weighted by Crippen LogP contribution is -2.38. The van der Waals surface area contributed by atoms with E-state index in [4.69, 9.17) is 4.74 Å². The second kappa shape index (κ2) is 9.70. The van der Waals surface area contributed by atoms with Crippen LogP contribution in [-0.2, 0) is 11.2 Å². The van der Waals surface area contributed by atoms with E-state index < -0.39 is 0 Å². The van der Waals surface area contributed by atoms with E-state index in [1.54, 1.807) is 7.11 Å². The number of hydrogen-bond acceptors (Lipinski definition) is 6. The van der Waals surface area contributed by atoms with Gasteiger partial charge in [-0.05, 0) is 42.7 Å². The number of aromatic nitrogens is 2. The summed E-state index contributed by atoms with van der Waals surface area (Å²) >= 11 is 1.33. The fourth-order valence-electron chi connectivity index (χ4n) is 3.64. The Bertz CT molecular complexity index is 1050. The van der Waals surface area contributed by atoms with Gasteiger partial charge in [-0.3, -0.25) is 9.59 Å². The zero-order valence-corrected chi connectivity index (χ0v) is 18.1. The summed E-state index contributed by atoms with van der Waals surface area (Å²) in [6, 6.07) is 16.9. The molecule has 2 heterocycles. The molecule has 3 aromatic rings. The minimum Gasteiger partial charge on any atom is -0.497 e. The third-order valence-electron chi connectivity index (χ3n) is 5.35. The first-order chi connectivity index (χ1) is 15.1. The molecule has 0 spiro atoms. The number of carbonyl (C=O) groups is 2. The lowest BCUT2D eigenvalue weighted by atomic mass is 9.97. The third kappa shape index (κ3) is 5.27. The fraction of sp³-hybridized carbons (Fsp3) is 0.304. The number of amides is 2. The summed E-state index contributed by atoms with van der Waals surface area (Å²) in [7, 11) is 1.62. The number of likely N-dealkylation sites (tertiary alicyclic amines) is 1. The first kappa shape index (κ1) is 21.0. The molecule has 1 saturated heterocycles. The van der Waals surface area contributed by atoms with Gasteiger partial charge in [0.05, 0.1) is 13.5 Å². The molecule has 2 amide bonds. The van der Waals surface area contributed by atoms with Crippen LogP contribution in [0.5, 0.6) is 5.75 Å². The summed E-state index contributed by atoms with van der Waals surface area (Å²) in [6.07, 6.45) is 2.00. The van der Waals surface area contributed by atoms with Crippen molar-refractivity contribution in [2.75, 3.05) is 25.5 Å². The molecule has 1 aliphatic rings. The molecule has 7 nitrogen and oxygen atoms in total. The highest BCUT2D eigenvalue weighted by Gasteiger charge is 2.27. The van der Waals surface area contributed by atoms with Crippen LogP contribution in [0.3, 0.4) is 0 Å². The Morgan fingerprint density at radius 2 is 1.87 bits per heavy atom. The maximum absolute atomic E-state index is 12.7. The summed E-state index contributed by atoms with van der Waals surface area (Å²) < 4.78 is 5.23. The molecular weight excluding hydrogens is 412 g/mol. The number of para-hydroxylation sites is 1. The second-order valence-electron chi connectivity index (χ2n) is 7.45. The molecule has 8 heteroatoms. The van der Waals surface area contributed by atoms with Crippen molar-refractivity contribution in [3.8, 4) is 5.75 Å². The molecule has 0 saturated carbocycles. The van der Waals surface area contributed by atoms with E-state index in [9.17, 15) is 9.59 Å². The number of hydrogen-bond donors (Lipinski definition) is 1. The van der Waals surface area contributed by atoms with Gasteiger partial charge in [-0.15, -0.1) is 10.2 Å². The van der Waals surface area contributed by atoms with Gasteiger partial charge in [0.2, 0.25) is 10.9 Å². The van der Waals surface area contributed by atoms with Crippen LogP contribution in [0.4, 0.5) is 5.69 Å². The minimum atomic E-state index is -0.249. The first-order valence-corrected chi connectivity index (χ1v) is 11.0. The highest BCUT2D eigenvalue weighted by Crippen LogP contribution is 2.30. The Kier molecular flexibility index (Phi) is 6.57. The van der Waals surface area contributed by atoms with Gasteiger partial charge in [-0.1, -0.05) is 41.7 Å². The molecule has 2 aromatic carbocycles. The summed E-state index contributed by atoms with van der Waals surface area (Å²) in [4.78, 5) is 27.0. The van der Waals surface area contributed by atoms with Crippen molar-refractivity contribution in [1.29, 1.82) is 0 Å². The Hall–Kier alpha value is -3.26. The van der Waals surface area contributed by atoms with Crippen LogP contribution in [0.2, 0.25) is 0 Å². The van der Waals surface area contributed by atoms with Crippen molar-refractivity contribution in [3.63, 3.8) is 0 Å². The van der Waals surface area contributed by atoms with E-state index in [1.807, 2.05) is 59.5 Å². The largest absolute Gasteiger partial charge is 0.497 e. The van der Waals surface area contributed by atoms with E-state index in [-0.39, 0.29) is 17.7 Å². The number of nitrogens with one attached hydrogen (secondary N) is 1. The molecule has 0 unspecified atom stereocenters. The van der Waals surface area contributed by atoms with Crippen LogP contribution in [0.1, 0.15) is 39.1 Å². The topological polar surface area (TPSA) is 84.4 Å². The van der Waals surface area contributed by atoms with Crippen LogP contribution in [0.15, 0.2) is 54.6 Å². The number of benzene rings is 2. The molecule has 0 radical (unpaired) electrons. The van der Waals surface area contributed by atoms with E-state index in [0.29, 0.717) is 24.5 Å². The number of methoxy groups -OCH3 is 1. The van der Waals surface area contributed by atoms with Crippen molar-refractivity contribution in [2.45, 2.75) is 25.2 Å². The molecule has 31 heavy (non-hydrogen) atoms. The third-order valence-corrected chi connectivity index (χ3v) is 6.44. The van der Waals surface area contributed by atoms with Crippen molar-refractivity contribution < 1.29 is 14.3 Å². The number of nitrogens with zero attached hydrogens (tertiary/aromatic N) is 3. The van der Waals surface area contributed by atoms with Crippen molar-refractivity contribution in [2.24, 2.45) is 0 Å². The quantitative estimate of drug-likeness (QED) is 0.636. The van der Waals surface area contributed by atoms with E-state index in [0.717, 1.165) is 34.8 Å². The van der Waals surface area contributed by atoms with Crippen molar-refractivity contribution in [1.82, 2.24) is 15.1 Å². The maximum atomic E-state index is 12.7. The van der Waals surface area contributed by atoms with Gasteiger partial charge in [0, 0.05) is 24.7 Å². The van der Waals surface area contributed by atoms with Crippen LogP contribution >= 0.6 is 11.3 Å². The van der Waals surface area contributed by atoms with Gasteiger partial charge >= 0.3 is 0 Å². The van der Waals surface area contributed by atoms with Crippen molar-refractivity contribution >= 4 is 28.8 Å². The summed E-state index contributed by atoms with van der Waals surface area (Å²) in [6.45, 7) is 1.36. The second-order valence-corrected chi connectivity index (χ2v) is 8.46. The fourth-order valence-corrected chi connectivity index (χ4v) is 4.55. The number of carbonyl (C=O) groups excluding carboxylic acids is 2. The number of anilines is 1. The lowest BCUT2D eigenvalue weighted by molar-refractivity contribution is -0.131. The molecule has 160 valence electrons. The predicted octanol–water partition coefficient (Wildman–Crippen LogP) is 3.75. The van der Waals surface area contributed by atoms with Gasteiger partial charge in [-0.25, -0.2) is 0 Å². The van der Waals surface area contributed by atoms with Crippen LogP contribution in [0, 0.1) is 0 Å². The average Bonchev–Trinajstić information content (AvgIpc) is 3.30. The zero-order valence-electron chi connectivity index (χ0n) is 17.3. The summed E-state index contributed by atoms with van der Waals surface area (Å²) in [5, 5.41) is 12.4. The highest BCUT2D eigenvalue weighted by atomic mass is 32.1. The van der Waals surface area contributed by atoms with Crippen molar-refractivity contribution in [3.05, 3.63) is 70.2 Å². The maximum Gasteiger partial charge on any atom is 0.286 e. The van der Waals surface area contributed by atoms with Crippen LogP contribution in [0.25, 0.3) is 0 Å². The monoisotopic (exact) mass is 436 g/mol. The molecule has 1 fully saturated rings. The normalized spacial score (nSPS) is 14.3. The summed E-state index contributed by atoms with van der Waals surface area (Å²) in [5.41, 5.74) is 1.68. The Labute approximate surface area is 185 Å². The first-order valence-electron chi connectivity index (χ1n) is 10.2. The van der Waals surface area contributed by atoms with Gasteiger partial charge in [-0.2, -0.15) is 0 Å². The van der Waals surface area contributed by atoms with Gasteiger partial charge in [0.25, 0.3) is 5.91 Å². The smallest absolute Gasteiger partial charge is 0.286 e. The minimum absolute atomic E-state index is 0.117. The predicted molar refractivity (Wildman–Crippen MR) is 120 cm³/mol. The zero-order chi connectivity index (χ0) is 21.6. The van der Waals surface area contributed by atoms with E-state index in [2.05, 4.69) is 15.5 Å². The number of ether oxygens (including phenoxy) is 1. The Morgan fingerprint density at radius 1 is 1.10 bits per heavy atom. The molecule has 1 aromatic heterocycles. The van der Waals surface area contributed by atoms with E-state index in [1.165, 1.54) is 11.3 Å². The highest BCUT2D eigenvalue weighted by molar-refractivity contribution is 7.13. The Morgan fingerprint density at radius 3 is 2.61 bits per heavy atom. The van der Waals surface area contributed by atoms with E-state index >= 15 is 0 Å². The molecule has 1 aliphatic heterocycles. The van der Waals surface area contributed by atoms with Crippen LogP contribution < -0.4 is 10.1 Å². The molecule has 0 bridgehead atoms. The molecule has 1 N–H and O–H groups in total. The SMILES string of the molecule is COc1cccc(CC(=O)N2CCC(c3nnc(C(=O)Nc4ccccc4)s3)CC2)c1. The summed E-state index contributed by atoms with van der Waals surface area (Å²) in [5.74, 6) is 0.844. The lowest BCUT2D eigenvalue weighted by Gasteiger charge is -2.31. The van der Waals surface area contributed by atoms with Crippen LogP contribution in [-0.4, -0.2) is 47.1 Å². The number of piperidine rings is 1. The molecule has 0 aliphatic carbocycles. The number of rotatable bonds is 6. The van der Waals surface area contributed by atoms with Gasteiger partial charge in [0.15, 0.2) is 0 Å².